The maximum atomic E-state index is 5.98. The molecule has 0 saturated carbocycles. The number of hydrogen-bond donors (Lipinski definition) is 1. The maximum absolute atomic E-state index is 5.98. The third-order valence-electron chi connectivity index (χ3n) is 3.54. The molecule has 2 N–H and O–H groups in total. The summed E-state index contributed by atoms with van der Waals surface area (Å²) in [6.45, 7) is 2.06. The molecule has 0 bridgehead atoms. The van der Waals surface area contributed by atoms with Crippen molar-refractivity contribution in [3.63, 3.8) is 0 Å². The van der Waals surface area contributed by atoms with Gasteiger partial charge < -0.3 is 5.73 Å². The van der Waals surface area contributed by atoms with Crippen molar-refractivity contribution in [1.82, 2.24) is 14.8 Å². The van der Waals surface area contributed by atoms with Gasteiger partial charge in [-0.1, -0.05) is 37.3 Å². The van der Waals surface area contributed by atoms with Crippen LogP contribution in [0.4, 0.5) is 0 Å². The van der Waals surface area contributed by atoms with E-state index in [9.17, 15) is 0 Å². The molecule has 0 aliphatic rings. The summed E-state index contributed by atoms with van der Waals surface area (Å²) < 4.78 is 1.83. The second-order valence-corrected chi connectivity index (χ2v) is 5.00. The first-order valence-corrected chi connectivity index (χ1v) is 7.10. The van der Waals surface area contributed by atoms with Gasteiger partial charge in [-0.25, -0.2) is 4.68 Å². The first-order chi connectivity index (χ1) is 10.3. The van der Waals surface area contributed by atoms with Crippen molar-refractivity contribution in [1.29, 1.82) is 0 Å². The third kappa shape index (κ3) is 2.85. The van der Waals surface area contributed by atoms with Gasteiger partial charge in [0.2, 0.25) is 0 Å². The first-order valence-electron chi connectivity index (χ1n) is 7.10. The molecule has 0 aliphatic carbocycles. The lowest BCUT2D eigenvalue weighted by Crippen LogP contribution is -2.10. The lowest BCUT2D eigenvalue weighted by Gasteiger charge is -2.08. The lowest BCUT2D eigenvalue weighted by atomic mass is 10.1. The smallest absolute Gasteiger partial charge is 0.0829 e. The molecule has 2 heterocycles. The standard InChI is InChI=1S/C17H18N4/c1-2-16(18)17-9-8-15(11-19-17)21-12-14(10-20-21)13-6-4-3-5-7-13/h3-12,16H,2,18H2,1H3/t16-/m0/s1. The molecule has 106 valence electrons. The van der Waals surface area contributed by atoms with Crippen molar-refractivity contribution in [2.75, 3.05) is 0 Å². The highest BCUT2D eigenvalue weighted by atomic mass is 15.3. The van der Waals surface area contributed by atoms with Crippen LogP contribution in [0.3, 0.4) is 0 Å². The Labute approximate surface area is 124 Å². The highest BCUT2D eigenvalue weighted by Gasteiger charge is 2.06. The minimum absolute atomic E-state index is 0.00319. The zero-order valence-electron chi connectivity index (χ0n) is 12.0. The molecule has 2 aromatic heterocycles. The summed E-state index contributed by atoms with van der Waals surface area (Å²) >= 11 is 0. The van der Waals surface area contributed by atoms with Gasteiger partial charge in [-0.2, -0.15) is 5.10 Å². The number of aromatic nitrogens is 3. The van der Waals surface area contributed by atoms with Crippen LogP contribution in [-0.2, 0) is 0 Å². The van der Waals surface area contributed by atoms with Crippen molar-refractivity contribution in [3.05, 3.63) is 66.7 Å². The van der Waals surface area contributed by atoms with E-state index in [2.05, 4.69) is 29.1 Å². The Morgan fingerprint density at radius 2 is 1.86 bits per heavy atom. The molecule has 0 radical (unpaired) electrons. The predicted molar refractivity (Wildman–Crippen MR) is 84.0 cm³/mol. The molecule has 0 unspecified atom stereocenters. The number of nitrogens with two attached hydrogens (primary N) is 1. The molecule has 4 heteroatoms. The van der Waals surface area contributed by atoms with Crippen LogP contribution in [0, 0.1) is 0 Å². The molecule has 21 heavy (non-hydrogen) atoms. The zero-order valence-corrected chi connectivity index (χ0v) is 12.0. The first kappa shape index (κ1) is 13.5. The van der Waals surface area contributed by atoms with E-state index in [1.165, 1.54) is 0 Å². The van der Waals surface area contributed by atoms with Crippen LogP contribution >= 0.6 is 0 Å². The van der Waals surface area contributed by atoms with E-state index in [0.29, 0.717) is 0 Å². The maximum Gasteiger partial charge on any atom is 0.0829 e. The van der Waals surface area contributed by atoms with Gasteiger partial charge in [-0.3, -0.25) is 4.98 Å². The number of hydrogen-bond acceptors (Lipinski definition) is 3. The molecule has 3 rings (SSSR count). The van der Waals surface area contributed by atoms with E-state index in [1.807, 2.05) is 53.6 Å². The largest absolute Gasteiger partial charge is 0.323 e. The average Bonchev–Trinajstić information content (AvgIpc) is 3.05. The summed E-state index contributed by atoms with van der Waals surface area (Å²) in [7, 11) is 0. The van der Waals surface area contributed by atoms with Gasteiger partial charge >= 0.3 is 0 Å². The summed E-state index contributed by atoms with van der Waals surface area (Å²) in [5, 5.41) is 4.40. The highest BCUT2D eigenvalue weighted by molar-refractivity contribution is 5.61. The van der Waals surface area contributed by atoms with Crippen LogP contribution in [0.5, 0.6) is 0 Å². The highest BCUT2D eigenvalue weighted by Crippen LogP contribution is 2.20. The van der Waals surface area contributed by atoms with Gasteiger partial charge in [0.25, 0.3) is 0 Å². The Kier molecular flexibility index (Phi) is 3.79. The fraction of sp³-hybridized carbons (Fsp3) is 0.176. The van der Waals surface area contributed by atoms with Crippen LogP contribution in [0.25, 0.3) is 16.8 Å². The van der Waals surface area contributed by atoms with Gasteiger partial charge in [0.05, 0.1) is 23.8 Å². The fourth-order valence-electron chi connectivity index (χ4n) is 2.21. The fourth-order valence-corrected chi connectivity index (χ4v) is 2.21. The van der Waals surface area contributed by atoms with Crippen LogP contribution in [0.2, 0.25) is 0 Å². The Balaban J connectivity index is 1.86. The quantitative estimate of drug-likeness (QED) is 0.796. The van der Waals surface area contributed by atoms with Crippen molar-refractivity contribution in [2.24, 2.45) is 5.73 Å². The minimum Gasteiger partial charge on any atom is -0.323 e. The van der Waals surface area contributed by atoms with Gasteiger partial charge in [-0.15, -0.1) is 0 Å². The molecule has 0 spiro atoms. The third-order valence-corrected chi connectivity index (χ3v) is 3.54. The van der Waals surface area contributed by atoms with E-state index < -0.39 is 0 Å². The summed E-state index contributed by atoms with van der Waals surface area (Å²) in [5.41, 5.74) is 10.1. The topological polar surface area (TPSA) is 56.7 Å². The molecule has 0 fully saturated rings. The van der Waals surface area contributed by atoms with Gasteiger partial charge in [0.15, 0.2) is 0 Å². The van der Waals surface area contributed by atoms with Crippen LogP contribution in [-0.4, -0.2) is 14.8 Å². The van der Waals surface area contributed by atoms with Crippen molar-refractivity contribution in [2.45, 2.75) is 19.4 Å². The Hall–Kier alpha value is -2.46. The summed E-state index contributed by atoms with van der Waals surface area (Å²) in [6, 6.07) is 14.2. The number of benzene rings is 1. The monoisotopic (exact) mass is 278 g/mol. The van der Waals surface area contributed by atoms with Crippen LogP contribution < -0.4 is 5.73 Å². The van der Waals surface area contributed by atoms with Gasteiger partial charge in [-0.05, 0) is 24.1 Å². The molecule has 1 aromatic carbocycles. The van der Waals surface area contributed by atoms with E-state index in [0.717, 1.165) is 28.9 Å². The van der Waals surface area contributed by atoms with Crippen LogP contribution in [0.15, 0.2) is 61.1 Å². The number of rotatable bonds is 4. The molecule has 3 aromatic rings. The molecule has 0 saturated heterocycles. The molecular formula is C17H18N4. The second-order valence-electron chi connectivity index (χ2n) is 5.00. The average molecular weight is 278 g/mol. The van der Waals surface area contributed by atoms with E-state index in [4.69, 9.17) is 5.73 Å². The number of nitrogens with zero attached hydrogens (tertiary/aromatic N) is 3. The van der Waals surface area contributed by atoms with Crippen LogP contribution in [0.1, 0.15) is 25.1 Å². The van der Waals surface area contributed by atoms with Crippen molar-refractivity contribution >= 4 is 0 Å². The predicted octanol–water partition coefficient (Wildman–Crippen LogP) is 3.34. The summed E-state index contributed by atoms with van der Waals surface area (Å²) in [4.78, 5) is 4.42. The van der Waals surface area contributed by atoms with Gasteiger partial charge in [0.1, 0.15) is 0 Å². The molecule has 0 amide bonds. The minimum atomic E-state index is -0.00319. The normalized spacial score (nSPS) is 12.3. The van der Waals surface area contributed by atoms with Crippen molar-refractivity contribution < 1.29 is 0 Å². The van der Waals surface area contributed by atoms with Gasteiger partial charge in [0, 0.05) is 17.8 Å². The van der Waals surface area contributed by atoms with E-state index in [1.54, 1.807) is 0 Å². The molecule has 0 aliphatic heterocycles. The lowest BCUT2D eigenvalue weighted by molar-refractivity contribution is 0.674. The summed E-state index contributed by atoms with van der Waals surface area (Å²) in [6.07, 6.45) is 6.56. The Morgan fingerprint density at radius 1 is 1.05 bits per heavy atom. The van der Waals surface area contributed by atoms with E-state index in [-0.39, 0.29) is 6.04 Å². The molecule has 1 atom stereocenters. The Bertz CT molecular complexity index is 701. The number of pyridine rings is 1. The van der Waals surface area contributed by atoms with Crippen molar-refractivity contribution in [3.8, 4) is 16.8 Å². The molecular weight excluding hydrogens is 260 g/mol. The molecule has 4 nitrogen and oxygen atoms in total. The summed E-state index contributed by atoms with van der Waals surface area (Å²) in [5.74, 6) is 0. The second kappa shape index (κ2) is 5.89. The SMILES string of the molecule is CC[C@H](N)c1ccc(-n2cc(-c3ccccc3)cn2)cn1. The van der Waals surface area contributed by atoms with E-state index >= 15 is 0 Å². The Morgan fingerprint density at radius 3 is 2.52 bits per heavy atom. The zero-order chi connectivity index (χ0) is 14.7.